The topological polar surface area (TPSA) is 54.0 Å². The number of nitrogens with one attached hydrogen (secondary N) is 2. The Balaban J connectivity index is 1.68. The van der Waals surface area contributed by atoms with Crippen LogP contribution in [0.1, 0.15) is 10.4 Å². The Morgan fingerprint density at radius 1 is 0.913 bits per heavy atom. The van der Waals surface area contributed by atoms with Crippen molar-refractivity contribution in [1.29, 1.82) is 0 Å². The SMILES string of the molecule is O=C(Nc1ccc(Nc2ccccc2F)cc1)c1cccnc1. The number of halogens is 1. The van der Waals surface area contributed by atoms with Crippen molar-refractivity contribution in [3.63, 3.8) is 0 Å². The lowest BCUT2D eigenvalue weighted by molar-refractivity contribution is 0.102. The highest BCUT2D eigenvalue weighted by atomic mass is 19.1. The van der Waals surface area contributed by atoms with E-state index in [4.69, 9.17) is 0 Å². The zero-order valence-electron chi connectivity index (χ0n) is 12.2. The normalized spacial score (nSPS) is 10.1. The molecule has 0 fully saturated rings. The number of hydrogen-bond donors (Lipinski definition) is 2. The van der Waals surface area contributed by atoms with Crippen LogP contribution in [0, 0.1) is 5.82 Å². The van der Waals surface area contributed by atoms with Crippen LogP contribution in [0.15, 0.2) is 73.1 Å². The zero-order valence-corrected chi connectivity index (χ0v) is 12.2. The molecule has 114 valence electrons. The van der Waals surface area contributed by atoms with Gasteiger partial charge in [0.1, 0.15) is 5.82 Å². The summed E-state index contributed by atoms with van der Waals surface area (Å²) >= 11 is 0. The van der Waals surface area contributed by atoms with E-state index in [0.717, 1.165) is 5.69 Å². The van der Waals surface area contributed by atoms with E-state index in [2.05, 4.69) is 15.6 Å². The van der Waals surface area contributed by atoms with Crippen molar-refractivity contribution in [2.24, 2.45) is 0 Å². The Bertz CT molecular complexity index is 804. The number of para-hydroxylation sites is 1. The molecule has 0 aliphatic carbocycles. The second-order valence-corrected chi connectivity index (χ2v) is 4.88. The van der Waals surface area contributed by atoms with Crippen molar-refractivity contribution in [3.8, 4) is 0 Å². The van der Waals surface area contributed by atoms with Gasteiger partial charge in [0.2, 0.25) is 0 Å². The second kappa shape index (κ2) is 6.70. The van der Waals surface area contributed by atoms with E-state index in [0.29, 0.717) is 16.9 Å². The fraction of sp³-hybridized carbons (Fsp3) is 0. The average molecular weight is 307 g/mol. The highest BCUT2D eigenvalue weighted by Crippen LogP contribution is 2.21. The minimum absolute atomic E-state index is 0.229. The molecule has 4 nitrogen and oxygen atoms in total. The first-order valence-corrected chi connectivity index (χ1v) is 7.05. The van der Waals surface area contributed by atoms with E-state index < -0.39 is 0 Å². The van der Waals surface area contributed by atoms with E-state index in [9.17, 15) is 9.18 Å². The lowest BCUT2D eigenvalue weighted by Crippen LogP contribution is -2.11. The van der Waals surface area contributed by atoms with Gasteiger partial charge < -0.3 is 10.6 Å². The van der Waals surface area contributed by atoms with Crippen molar-refractivity contribution in [3.05, 3.63) is 84.4 Å². The molecule has 0 bridgehead atoms. The second-order valence-electron chi connectivity index (χ2n) is 4.88. The molecule has 1 heterocycles. The molecule has 23 heavy (non-hydrogen) atoms. The van der Waals surface area contributed by atoms with Crippen LogP contribution in [-0.4, -0.2) is 10.9 Å². The standard InChI is InChI=1S/C18H14FN3O/c19-16-5-1-2-6-17(16)21-14-7-9-15(10-8-14)22-18(23)13-4-3-11-20-12-13/h1-12,21H,(H,22,23). The van der Waals surface area contributed by atoms with Crippen LogP contribution >= 0.6 is 0 Å². The fourth-order valence-corrected chi connectivity index (χ4v) is 2.06. The number of amides is 1. The molecule has 0 saturated carbocycles. The average Bonchev–Trinajstić information content (AvgIpc) is 2.59. The number of nitrogens with zero attached hydrogens (tertiary/aromatic N) is 1. The van der Waals surface area contributed by atoms with Crippen molar-refractivity contribution < 1.29 is 9.18 Å². The first-order valence-electron chi connectivity index (χ1n) is 7.05. The van der Waals surface area contributed by atoms with Gasteiger partial charge in [-0.2, -0.15) is 0 Å². The maximum atomic E-state index is 13.6. The maximum absolute atomic E-state index is 13.6. The monoisotopic (exact) mass is 307 g/mol. The van der Waals surface area contributed by atoms with Crippen molar-refractivity contribution in [1.82, 2.24) is 4.98 Å². The van der Waals surface area contributed by atoms with Gasteiger partial charge in [-0.1, -0.05) is 12.1 Å². The molecule has 2 N–H and O–H groups in total. The summed E-state index contributed by atoms with van der Waals surface area (Å²) in [6.45, 7) is 0. The summed E-state index contributed by atoms with van der Waals surface area (Å²) in [6.07, 6.45) is 3.11. The van der Waals surface area contributed by atoms with Crippen LogP contribution in [0.3, 0.4) is 0 Å². The molecule has 0 aliphatic rings. The summed E-state index contributed by atoms with van der Waals surface area (Å²) in [5.74, 6) is -0.547. The third kappa shape index (κ3) is 3.71. The van der Waals surface area contributed by atoms with Gasteiger partial charge in [-0.05, 0) is 48.5 Å². The Labute approximate surface area is 133 Å². The maximum Gasteiger partial charge on any atom is 0.257 e. The van der Waals surface area contributed by atoms with E-state index in [1.54, 1.807) is 60.8 Å². The lowest BCUT2D eigenvalue weighted by Gasteiger charge is -2.09. The number of benzene rings is 2. The number of carbonyl (C=O) groups is 1. The Morgan fingerprint density at radius 3 is 2.35 bits per heavy atom. The summed E-state index contributed by atoms with van der Waals surface area (Å²) in [4.78, 5) is 15.9. The molecular formula is C18H14FN3O. The number of rotatable bonds is 4. The number of pyridine rings is 1. The summed E-state index contributed by atoms with van der Waals surface area (Å²) in [5, 5.41) is 5.77. The third-order valence-electron chi connectivity index (χ3n) is 3.22. The Kier molecular flexibility index (Phi) is 4.29. The molecule has 2 aromatic carbocycles. The molecule has 1 amide bonds. The van der Waals surface area contributed by atoms with Gasteiger partial charge in [0.15, 0.2) is 0 Å². The van der Waals surface area contributed by atoms with E-state index >= 15 is 0 Å². The predicted molar refractivity (Wildman–Crippen MR) is 88.3 cm³/mol. The van der Waals surface area contributed by atoms with Gasteiger partial charge in [0, 0.05) is 23.8 Å². The lowest BCUT2D eigenvalue weighted by atomic mass is 10.2. The molecule has 0 saturated heterocycles. The molecule has 0 spiro atoms. The highest BCUT2D eigenvalue weighted by molar-refractivity contribution is 6.04. The van der Waals surface area contributed by atoms with Crippen LogP contribution in [0.2, 0.25) is 0 Å². The Morgan fingerprint density at radius 2 is 1.65 bits per heavy atom. The highest BCUT2D eigenvalue weighted by Gasteiger charge is 2.06. The largest absolute Gasteiger partial charge is 0.353 e. The summed E-state index contributed by atoms with van der Waals surface area (Å²) < 4.78 is 13.6. The van der Waals surface area contributed by atoms with Gasteiger partial charge in [-0.3, -0.25) is 9.78 Å². The van der Waals surface area contributed by atoms with Crippen LogP contribution in [0.5, 0.6) is 0 Å². The van der Waals surface area contributed by atoms with Crippen LogP contribution in [0.4, 0.5) is 21.5 Å². The molecule has 1 aromatic heterocycles. The smallest absolute Gasteiger partial charge is 0.257 e. The third-order valence-corrected chi connectivity index (χ3v) is 3.22. The van der Waals surface area contributed by atoms with Gasteiger partial charge in [-0.25, -0.2) is 4.39 Å². The molecule has 0 atom stereocenters. The minimum atomic E-state index is -0.318. The van der Waals surface area contributed by atoms with Gasteiger partial charge in [0.25, 0.3) is 5.91 Å². The van der Waals surface area contributed by atoms with Crippen LogP contribution in [-0.2, 0) is 0 Å². The summed E-state index contributed by atoms with van der Waals surface area (Å²) in [6, 6.07) is 16.9. The predicted octanol–water partition coefficient (Wildman–Crippen LogP) is 4.22. The molecule has 0 aliphatic heterocycles. The molecule has 0 radical (unpaired) electrons. The first-order chi connectivity index (χ1) is 11.2. The first kappa shape index (κ1) is 14.7. The van der Waals surface area contributed by atoms with Gasteiger partial charge in [-0.15, -0.1) is 0 Å². The zero-order chi connectivity index (χ0) is 16.1. The quantitative estimate of drug-likeness (QED) is 0.759. The van der Waals surface area contributed by atoms with E-state index in [-0.39, 0.29) is 11.7 Å². The van der Waals surface area contributed by atoms with Crippen molar-refractivity contribution >= 4 is 23.0 Å². The minimum Gasteiger partial charge on any atom is -0.353 e. The number of aromatic nitrogens is 1. The van der Waals surface area contributed by atoms with E-state index in [1.807, 2.05) is 0 Å². The molecule has 3 rings (SSSR count). The summed E-state index contributed by atoms with van der Waals surface area (Å²) in [7, 11) is 0. The number of carbonyl (C=O) groups excluding carboxylic acids is 1. The van der Waals surface area contributed by atoms with E-state index in [1.165, 1.54) is 12.3 Å². The van der Waals surface area contributed by atoms with Crippen molar-refractivity contribution in [2.75, 3.05) is 10.6 Å². The van der Waals surface area contributed by atoms with Crippen LogP contribution < -0.4 is 10.6 Å². The molecule has 3 aromatic rings. The number of hydrogen-bond acceptors (Lipinski definition) is 3. The van der Waals surface area contributed by atoms with Crippen LogP contribution in [0.25, 0.3) is 0 Å². The molecule has 0 unspecified atom stereocenters. The molecule has 5 heteroatoms. The Hall–Kier alpha value is -3.21. The fourth-order valence-electron chi connectivity index (χ4n) is 2.06. The van der Waals surface area contributed by atoms with Crippen molar-refractivity contribution in [2.45, 2.75) is 0 Å². The van der Waals surface area contributed by atoms with Gasteiger partial charge in [0.05, 0.1) is 11.3 Å². The molecular weight excluding hydrogens is 293 g/mol. The van der Waals surface area contributed by atoms with Gasteiger partial charge >= 0.3 is 0 Å². The summed E-state index contributed by atoms with van der Waals surface area (Å²) in [5.41, 5.74) is 2.27. The number of anilines is 3.